The maximum atomic E-state index is 6.14. The second kappa shape index (κ2) is 6.02. The third-order valence-electron chi connectivity index (χ3n) is 3.96. The van der Waals surface area contributed by atoms with Crippen LogP contribution in [-0.2, 0) is 0 Å². The average molecular weight is 283 g/mol. The number of rotatable bonds is 3. The molecule has 1 aromatic rings. The minimum absolute atomic E-state index is 0.143. The quantitative estimate of drug-likeness (QED) is 0.920. The standard InChI is InChI=1S/C15H23ClN2O/c1-4-15(2)11-18(9-5-8-17-15)13-10-12(16)6-7-14(13)19-3/h6-7,10,17H,4-5,8-9,11H2,1-3H3. The van der Waals surface area contributed by atoms with E-state index >= 15 is 0 Å². The van der Waals surface area contributed by atoms with Gasteiger partial charge in [-0.1, -0.05) is 18.5 Å². The number of hydrogen-bond donors (Lipinski definition) is 1. The lowest BCUT2D eigenvalue weighted by Gasteiger charge is -2.34. The first-order valence-corrected chi connectivity index (χ1v) is 7.29. The van der Waals surface area contributed by atoms with Crippen LogP contribution in [-0.4, -0.2) is 32.3 Å². The molecule has 0 spiro atoms. The second-order valence-corrected chi connectivity index (χ2v) is 5.87. The summed E-state index contributed by atoms with van der Waals surface area (Å²) in [5, 5.41) is 4.40. The smallest absolute Gasteiger partial charge is 0.142 e. The van der Waals surface area contributed by atoms with Crippen LogP contribution in [0, 0.1) is 0 Å². The molecule has 1 N–H and O–H groups in total. The monoisotopic (exact) mass is 282 g/mol. The number of nitrogens with one attached hydrogen (secondary N) is 1. The molecule has 3 nitrogen and oxygen atoms in total. The highest BCUT2D eigenvalue weighted by atomic mass is 35.5. The third-order valence-corrected chi connectivity index (χ3v) is 4.19. The van der Waals surface area contributed by atoms with E-state index < -0.39 is 0 Å². The summed E-state index contributed by atoms with van der Waals surface area (Å²) in [7, 11) is 1.71. The van der Waals surface area contributed by atoms with E-state index in [1.165, 1.54) is 0 Å². The van der Waals surface area contributed by atoms with Crippen LogP contribution in [0.25, 0.3) is 0 Å². The zero-order valence-electron chi connectivity index (χ0n) is 12.0. The molecule has 1 aliphatic rings. The molecule has 4 heteroatoms. The van der Waals surface area contributed by atoms with Crippen LogP contribution in [0.3, 0.4) is 0 Å². The summed E-state index contributed by atoms with van der Waals surface area (Å²) in [5.74, 6) is 0.893. The van der Waals surface area contributed by atoms with Gasteiger partial charge < -0.3 is 15.0 Å². The number of methoxy groups -OCH3 is 1. The van der Waals surface area contributed by atoms with Crippen molar-refractivity contribution in [1.82, 2.24) is 5.32 Å². The van der Waals surface area contributed by atoms with Gasteiger partial charge in [0, 0.05) is 23.7 Å². The minimum atomic E-state index is 0.143. The first-order chi connectivity index (χ1) is 9.08. The van der Waals surface area contributed by atoms with Gasteiger partial charge in [-0.3, -0.25) is 0 Å². The predicted molar refractivity (Wildman–Crippen MR) is 81.5 cm³/mol. The number of nitrogens with zero attached hydrogens (tertiary/aromatic N) is 1. The Morgan fingerprint density at radius 2 is 2.26 bits per heavy atom. The maximum Gasteiger partial charge on any atom is 0.142 e. The van der Waals surface area contributed by atoms with Gasteiger partial charge in [-0.15, -0.1) is 0 Å². The van der Waals surface area contributed by atoms with Crippen molar-refractivity contribution in [2.75, 3.05) is 31.6 Å². The molecule has 0 radical (unpaired) electrons. The molecule has 1 aliphatic heterocycles. The second-order valence-electron chi connectivity index (χ2n) is 5.43. The molecule has 19 heavy (non-hydrogen) atoms. The van der Waals surface area contributed by atoms with Crippen molar-refractivity contribution in [3.8, 4) is 5.75 Å². The van der Waals surface area contributed by atoms with Gasteiger partial charge in [0.2, 0.25) is 0 Å². The molecule has 0 saturated carbocycles. The SMILES string of the molecule is CCC1(C)CN(c2cc(Cl)ccc2OC)CCCN1. The molecular formula is C15H23ClN2O. The van der Waals surface area contributed by atoms with E-state index in [2.05, 4.69) is 24.1 Å². The molecule has 1 heterocycles. The van der Waals surface area contributed by atoms with E-state index in [1.807, 2.05) is 18.2 Å². The summed E-state index contributed by atoms with van der Waals surface area (Å²) >= 11 is 6.14. The lowest BCUT2D eigenvalue weighted by atomic mass is 9.98. The van der Waals surface area contributed by atoms with Crippen LogP contribution < -0.4 is 15.0 Å². The Morgan fingerprint density at radius 1 is 1.47 bits per heavy atom. The molecule has 1 aromatic carbocycles. The molecule has 1 saturated heterocycles. The molecule has 1 atom stereocenters. The summed E-state index contributed by atoms with van der Waals surface area (Å²) < 4.78 is 5.48. The van der Waals surface area contributed by atoms with E-state index in [-0.39, 0.29) is 5.54 Å². The molecule has 1 unspecified atom stereocenters. The number of ether oxygens (including phenoxy) is 1. The van der Waals surface area contributed by atoms with Crippen LogP contribution in [0.15, 0.2) is 18.2 Å². The van der Waals surface area contributed by atoms with Gasteiger partial charge in [-0.2, -0.15) is 0 Å². The van der Waals surface area contributed by atoms with Crippen molar-refractivity contribution in [1.29, 1.82) is 0 Å². The van der Waals surface area contributed by atoms with Crippen LogP contribution in [0.5, 0.6) is 5.75 Å². The molecule has 0 bridgehead atoms. The highest BCUT2D eigenvalue weighted by Crippen LogP contribution is 2.33. The van der Waals surface area contributed by atoms with Gasteiger partial charge in [-0.25, -0.2) is 0 Å². The van der Waals surface area contributed by atoms with E-state index in [9.17, 15) is 0 Å². The highest BCUT2D eigenvalue weighted by molar-refractivity contribution is 6.30. The zero-order valence-corrected chi connectivity index (χ0v) is 12.8. The lowest BCUT2D eigenvalue weighted by molar-refractivity contribution is 0.364. The maximum absolute atomic E-state index is 6.14. The summed E-state index contributed by atoms with van der Waals surface area (Å²) in [6.45, 7) is 7.57. The van der Waals surface area contributed by atoms with E-state index in [4.69, 9.17) is 16.3 Å². The Labute approximate surface area is 120 Å². The van der Waals surface area contributed by atoms with Gasteiger partial charge in [0.05, 0.1) is 12.8 Å². The van der Waals surface area contributed by atoms with E-state index in [0.29, 0.717) is 0 Å². The Balaban J connectivity index is 2.31. The molecule has 106 valence electrons. The minimum Gasteiger partial charge on any atom is -0.495 e. The summed E-state index contributed by atoms with van der Waals surface area (Å²) in [6, 6.07) is 5.82. The van der Waals surface area contributed by atoms with Gasteiger partial charge in [0.15, 0.2) is 0 Å². The first-order valence-electron chi connectivity index (χ1n) is 6.91. The Morgan fingerprint density at radius 3 is 2.95 bits per heavy atom. The number of benzene rings is 1. The first kappa shape index (κ1) is 14.5. The average Bonchev–Trinajstić information content (AvgIpc) is 2.61. The van der Waals surface area contributed by atoms with E-state index in [1.54, 1.807) is 7.11 Å². The molecule has 1 fully saturated rings. The Bertz CT molecular complexity index is 438. The lowest BCUT2D eigenvalue weighted by Crippen LogP contribution is -2.48. The fourth-order valence-electron chi connectivity index (χ4n) is 2.57. The van der Waals surface area contributed by atoms with Crippen molar-refractivity contribution >= 4 is 17.3 Å². The van der Waals surface area contributed by atoms with Gasteiger partial charge in [0.1, 0.15) is 5.75 Å². The van der Waals surface area contributed by atoms with Gasteiger partial charge >= 0.3 is 0 Å². The van der Waals surface area contributed by atoms with Crippen LogP contribution in [0.1, 0.15) is 26.7 Å². The topological polar surface area (TPSA) is 24.5 Å². The highest BCUT2D eigenvalue weighted by Gasteiger charge is 2.28. The van der Waals surface area contributed by atoms with Crippen LogP contribution in [0.2, 0.25) is 5.02 Å². The predicted octanol–water partition coefficient (Wildman–Crippen LogP) is 3.32. The molecule has 0 aromatic heterocycles. The van der Waals surface area contributed by atoms with Crippen molar-refractivity contribution in [2.45, 2.75) is 32.2 Å². The number of hydrogen-bond acceptors (Lipinski definition) is 3. The summed E-state index contributed by atoms with van der Waals surface area (Å²) in [4.78, 5) is 2.38. The van der Waals surface area contributed by atoms with Crippen molar-refractivity contribution in [3.05, 3.63) is 23.2 Å². The number of anilines is 1. The normalized spacial score (nSPS) is 24.1. The van der Waals surface area contributed by atoms with Crippen molar-refractivity contribution < 1.29 is 4.74 Å². The van der Waals surface area contributed by atoms with Crippen molar-refractivity contribution in [3.63, 3.8) is 0 Å². The largest absolute Gasteiger partial charge is 0.495 e. The Kier molecular flexibility index (Phi) is 4.58. The van der Waals surface area contributed by atoms with E-state index in [0.717, 1.165) is 48.9 Å². The molecule has 2 rings (SSSR count). The van der Waals surface area contributed by atoms with Crippen LogP contribution in [0.4, 0.5) is 5.69 Å². The van der Waals surface area contributed by atoms with Crippen LogP contribution >= 0.6 is 11.6 Å². The molecular weight excluding hydrogens is 260 g/mol. The van der Waals surface area contributed by atoms with Gasteiger partial charge in [0.25, 0.3) is 0 Å². The summed E-state index contributed by atoms with van der Waals surface area (Å²) in [5.41, 5.74) is 1.24. The zero-order chi connectivity index (χ0) is 13.9. The summed E-state index contributed by atoms with van der Waals surface area (Å²) in [6.07, 6.45) is 2.23. The van der Waals surface area contributed by atoms with Crippen molar-refractivity contribution in [2.24, 2.45) is 0 Å². The fourth-order valence-corrected chi connectivity index (χ4v) is 2.74. The molecule has 0 amide bonds. The van der Waals surface area contributed by atoms with Gasteiger partial charge in [-0.05, 0) is 44.5 Å². The third kappa shape index (κ3) is 3.34. The molecule has 0 aliphatic carbocycles. The Hall–Kier alpha value is -0.930. The number of halogens is 1. The fraction of sp³-hybridized carbons (Fsp3) is 0.600.